The Bertz CT molecular complexity index is 752. The summed E-state index contributed by atoms with van der Waals surface area (Å²) in [5, 5.41) is 0. The molecule has 1 unspecified atom stereocenters. The molecule has 0 spiro atoms. The number of benzene rings is 1. The van der Waals surface area contributed by atoms with Crippen molar-refractivity contribution in [3.05, 3.63) is 29.3 Å². The minimum atomic E-state index is -0.174. The predicted octanol–water partition coefficient (Wildman–Crippen LogP) is 5.49. The molecule has 0 bridgehead atoms. The van der Waals surface area contributed by atoms with Crippen LogP contribution in [0.5, 0.6) is 5.75 Å². The normalized spacial score (nSPS) is 19.9. The standard InChI is InChI=1S/C23H34N2O3.C4H10.2CH2O/c1-16(2)27-23(26)25-12-8-18(9-13-25)22-15-20-14-19(4-5-21(20)28-22)17-6-10-24(3)11-7-17;1-3-4-2;2*1-2/h4-5,14,16-18,22H,6-13,15H2,1-3H3;3-4H2,1-2H3;2*1H2. The molecular weight excluding hydrogens is 456 g/mol. The molecular formula is C29H48N2O5. The molecule has 4 rings (SSSR count). The van der Waals surface area contributed by atoms with E-state index in [0.29, 0.717) is 11.8 Å². The van der Waals surface area contributed by atoms with Crippen LogP contribution in [0.1, 0.15) is 83.3 Å². The lowest BCUT2D eigenvalue weighted by molar-refractivity contribution is -0.0987. The SMILES string of the molecule is C=O.C=O.CC(C)OC(=O)N1CCC(C2Cc3cc(C4CCN(C)CC4)ccc3O2)CC1.CCCC. The summed E-state index contributed by atoms with van der Waals surface area (Å²) in [6.45, 7) is 16.1. The third kappa shape index (κ3) is 9.57. The van der Waals surface area contributed by atoms with Crippen molar-refractivity contribution in [1.82, 2.24) is 9.80 Å². The van der Waals surface area contributed by atoms with Crippen LogP contribution in [0, 0.1) is 5.92 Å². The molecule has 3 aliphatic heterocycles. The van der Waals surface area contributed by atoms with Crippen molar-refractivity contribution in [2.75, 3.05) is 33.2 Å². The lowest BCUT2D eigenvalue weighted by Crippen LogP contribution is -2.43. The van der Waals surface area contributed by atoms with Gasteiger partial charge in [0, 0.05) is 19.5 Å². The Morgan fingerprint density at radius 2 is 1.58 bits per heavy atom. The number of fused-ring (bicyclic) bond motifs is 1. The molecule has 3 aliphatic rings. The van der Waals surface area contributed by atoms with Crippen molar-refractivity contribution in [3.63, 3.8) is 0 Å². The lowest BCUT2D eigenvalue weighted by Gasteiger charge is -2.34. The smallest absolute Gasteiger partial charge is 0.410 e. The molecule has 1 aromatic carbocycles. The zero-order valence-electron chi connectivity index (χ0n) is 23.2. The maximum Gasteiger partial charge on any atom is 0.410 e. The first kappa shape index (κ1) is 31.6. The van der Waals surface area contributed by atoms with E-state index in [2.05, 4.69) is 44.0 Å². The molecule has 3 heterocycles. The van der Waals surface area contributed by atoms with Gasteiger partial charge in [0.1, 0.15) is 25.4 Å². The molecule has 204 valence electrons. The van der Waals surface area contributed by atoms with Gasteiger partial charge in [-0.15, -0.1) is 0 Å². The van der Waals surface area contributed by atoms with E-state index in [9.17, 15) is 4.79 Å². The van der Waals surface area contributed by atoms with Crippen molar-refractivity contribution in [2.45, 2.75) is 90.8 Å². The fourth-order valence-electron chi connectivity index (χ4n) is 4.88. The van der Waals surface area contributed by atoms with Crippen LogP contribution in [0.2, 0.25) is 0 Å². The number of amides is 1. The zero-order chi connectivity index (χ0) is 27.1. The molecule has 2 saturated heterocycles. The van der Waals surface area contributed by atoms with Gasteiger partial charge in [0.2, 0.25) is 0 Å². The van der Waals surface area contributed by atoms with Gasteiger partial charge in [0.25, 0.3) is 0 Å². The van der Waals surface area contributed by atoms with Gasteiger partial charge in [0.05, 0.1) is 6.10 Å². The highest BCUT2D eigenvalue weighted by Gasteiger charge is 2.34. The quantitative estimate of drug-likeness (QED) is 0.539. The van der Waals surface area contributed by atoms with Crippen LogP contribution in [0.15, 0.2) is 18.2 Å². The first-order valence-corrected chi connectivity index (χ1v) is 13.4. The average molecular weight is 505 g/mol. The van der Waals surface area contributed by atoms with Gasteiger partial charge in [-0.3, -0.25) is 0 Å². The van der Waals surface area contributed by atoms with Crippen LogP contribution in [0.4, 0.5) is 4.79 Å². The molecule has 0 radical (unpaired) electrons. The van der Waals surface area contributed by atoms with E-state index in [1.165, 1.54) is 49.9 Å². The highest BCUT2D eigenvalue weighted by atomic mass is 16.6. The summed E-state index contributed by atoms with van der Waals surface area (Å²) in [5.41, 5.74) is 2.87. The van der Waals surface area contributed by atoms with Gasteiger partial charge >= 0.3 is 6.09 Å². The molecule has 7 heteroatoms. The minimum absolute atomic E-state index is 0.0587. The van der Waals surface area contributed by atoms with E-state index in [4.69, 9.17) is 19.1 Å². The second-order valence-corrected chi connectivity index (χ2v) is 10.1. The summed E-state index contributed by atoms with van der Waals surface area (Å²) in [6.07, 6.45) is 8.17. The van der Waals surface area contributed by atoms with Crippen LogP contribution in [-0.4, -0.2) is 74.9 Å². The van der Waals surface area contributed by atoms with Gasteiger partial charge in [-0.2, -0.15) is 0 Å². The van der Waals surface area contributed by atoms with Crippen LogP contribution >= 0.6 is 0 Å². The summed E-state index contributed by atoms with van der Waals surface area (Å²) in [5.74, 6) is 2.28. The van der Waals surface area contributed by atoms with Gasteiger partial charge in [-0.05, 0) is 88.7 Å². The monoisotopic (exact) mass is 504 g/mol. The predicted molar refractivity (Wildman–Crippen MR) is 145 cm³/mol. The Morgan fingerprint density at radius 3 is 2.11 bits per heavy atom. The second kappa shape index (κ2) is 17.1. The Kier molecular flexibility index (Phi) is 15.0. The number of ether oxygens (including phenoxy) is 2. The van der Waals surface area contributed by atoms with Gasteiger partial charge < -0.3 is 28.9 Å². The number of piperidine rings is 2. The molecule has 0 aliphatic carbocycles. The fourth-order valence-corrected chi connectivity index (χ4v) is 4.88. The van der Waals surface area contributed by atoms with Crippen LogP contribution < -0.4 is 4.74 Å². The maximum atomic E-state index is 12.1. The summed E-state index contributed by atoms with van der Waals surface area (Å²) in [6, 6.07) is 6.88. The van der Waals surface area contributed by atoms with Crippen molar-refractivity contribution < 1.29 is 23.9 Å². The van der Waals surface area contributed by atoms with Crippen molar-refractivity contribution in [1.29, 1.82) is 0 Å². The molecule has 1 amide bonds. The highest BCUT2D eigenvalue weighted by Crippen LogP contribution is 2.38. The number of rotatable bonds is 4. The number of unbranched alkanes of at least 4 members (excludes halogenated alkanes) is 1. The summed E-state index contributed by atoms with van der Waals surface area (Å²) in [4.78, 5) is 32.4. The van der Waals surface area contributed by atoms with E-state index in [1.807, 2.05) is 32.3 Å². The maximum absolute atomic E-state index is 12.1. The average Bonchev–Trinajstić information content (AvgIpc) is 3.35. The Morgan fingerprint density at radius 1 is 1.00 bits per heavy atom. The van der Waals surface area contributed by atoms with Gasteiger partial charge in [0.15, 0.2) is 0 Å². The first-order chi connectivity index (χ1) is 17.4. The summed E-state index contributed by atoms with van der Waals surface area (Å²) in [7, 11) is 2.21. The minimum Gasteiger partial charge on any atom is -0.490 e. The highest BCUT2D eigenvalue weighted by molar-refractivity contribution is 5.67. The van der Waals surface area contributed by atoms with E-state index >= 15 is 0 Å². The molecule has 0 saturated carbocycles. The fraction of sp³-hybridized carbons (Fsp3) is 0.690. The molecule has 7 nitrogen and oxygen atoms in total. The molecule has 0 aromatic heterocycles. The lowest BCUT2D eigenvalue weighted by atomic mass is 9.86. The number of hydrogen-bond acceptors (Lipinski definition) is 6. The van der Waals surface area contributed by atoms with Crippen molar-refractivity contribution >= 4 is 19.7 Å². The summed E-state index contributed by atoms with van der Waals surface area (Å²) < 4.78 is 11.7. The zero-order valence-corrected chi connectivity index (χ0v) is 23.2. The summed E-state index contributed by atoms with van der Waals surface area (Å²) >= 11 is 0. The topological polar surface area (TPSA) is 76.2 Å². The number of nitrogens with zero attached hydrogens (tertiary/aromatic N) is 2. The van der Waals surface area contributed by atoms with Crippen LogP contribution in [-0.2, 0) is 20.7 Å². The number of carbonyl (C=O) groups is 3. The van der Waals surface area contributed by atoms with E-state index in [1.54, 1.807) is 0 Å². The number of hydrogen-bond donors (Lipinski definition) is 0. The Hall–Kier alpha value is -2.41. The van der Waals surface area contributed by atoms with E-state index in [-0.39, 0.29) is 18.3 Å². The van der Waals surface area contributed by atoms with E-state index in [0.717, 1.165) is 38.1 Å². The Labute approximate surface area is 218 Å². The van der Waals surface area contributed by atoms with Gasteiger partial charge in [-0.25, -0.2) is 4.79 Å². The molecule has 0 N–H and O–H groups in total. The van der Waals surface area contributed by atoms with Crippen LogP contribution in [0.3, 0.4) is 0 Å². The molecule has 36 heavy (non-hydrogen) atoms. The van der Waals surface area contributed by atoms with Gasteiger partial charge in [-0.1, -0.05) is 38.8 Å². The number of likely N-dealkylation sites (tertiary alicyclic amines) is 2. The first-order valence-electron chi connectivity index (χ1n) is 13.4. The molecule has 1 atom stereocenters. The third-order valence-electron chi connectivity index (χ3n) is 7.13. The van der Waals surface area contributed by atoms with E-state index < -0.39 is 0 Å². The van der Waals surface area contributed by atoms with Crippen molar-refractivity contribution in [3.8, 4) is 5.75 Å². The molecule has 2 fully saturated rings. The largest absolute Gasteiger partial charge is 0.490 e. The second-order valence-electron chi connectivity index (χ2n) is 10.1. The number of carbonyl (C=O) groups excluding carboxylic acids is 3. The third-order valence-corrected chi connectivity index (χ3v) is 7.13. The van der Waals surface area contributed by atoms with Crippen LogP contribution in [0.25, 0.3) is 0 Å². The van der Waals surface area contributed by atoms with Crippen molar-refractivity contribution in [2.24, 2.45) is 5.92 Å². The Balaban J connectivity index is 0.000000725. The molecule has 1 aromatic rings.